The first-order valence-corrected chi connectivity index (χ1v) is 11.9. The Morgan fingerprint density at radius 3 is 2.65 bits per heavy atom. The summed E-state index contributed by atoms with van der Waals surface area (Å²) in [4.78, 5) is 38.4. The molecule has 2 aliphatic rings. The van der Waals surface area contributed by atoms with Gasteiger partial charge in [0.2, 0.25) is 5.91 Å². The van der Waals surface area contributed by atoms with E-state index < -0.39 is 36.5 Å². The third kappa shape index (κ3) is 6.69. The molecule has 0 bridgehead atoms. The van der Waals surface area contributed by atoms with Crippen molar-refractivity contribution in [2.45, 2.75) is 55.5 Å². The molecule has 1 aromatic carbocycles. The summed E-state index contributed by atoms with van der Waals surface area (Å²) in [5.74, 6) is -1.43. The molecule has 1 aromatic rings. The van der Waals surface area contributed by atoms with Crippen molar-refractivity contribution >= 4 is 35.3 Å². The second-order valence-electron chi connectivity index (χ2n) is 8.18. The average molecular weight is 450 g/mol. The molecule has 31 heavy (non-hydrogen) atoms. The van der Waals surface area contributed by atoms with Gasteiger partial charge < -0.3 is 15.5 Å². The molecule has 1 saturated heterocycles. The van der Waals surface area contributed by atoms with Crippen molar-refractivity contribution in [2.24, 2.45) is 5.92 Å². The summed E-state index contributed by atoms with van der Waals surface area (Å²) in [7, 11) is 0. The Morgan fingerprint density at radius 2 is 1.94 bits per heavy atom. The number of rotatable bonds is 10. The van der Waals surface area contributed by atoms with Crippen LogP contribution in [0.1, 0.15) is 38.5 Å². The van der Waals surface area contributed by atoms with Crippen molar-refractivity contribution in [3.05, 3.63) is 24.3 Å². The highest BCUT2D eigenvalue weighted by Crippen LogP contribution is 2.34. The van der Waals surface area contributed by atoms with E-state index in [1.54, 1.807) is 12.1 Å². The number of para-hydroxylation sites is 1. The maximum absolute atomic E-state index is 13.1. The third-order valence-corrected chi connectivity index (χ3v) is 7.09. The van der Waals surface area contributed by atoms with Crippen LogP contribution in [-0.2, 0) is 14.4 Å². The molecule has 8 nitrogen and oxygen atoms in total. The van der Waals surface area contributed by atoms with E-state index in [2.05, 4.69) is 10.6 Å². The lowest BCUT2D eigenvalue weighted by Gasteiger charge is -2.26. The lowest BCUT2D eigenvalue weighted by atomic mass is 9.92. The van der Waals surface area contributed by atoms with Gasteiger partial charge in [0, 0.05) is 10.6 Å². The Balaban J connectivity index is 1.60. The van der Waals surface area contributed by atoms with Gasteiger partial charge in [0.25, 0.3) is 0 Å². The molecule has 2 atom stereocenters. The molecule has 0 radical (unpaired) electrons. The monoisotopic (exact) mass is 449 g/mol. The smallest absolute Gasteiger partial charge is 0.323 e. The van der Waals surface area contributed by atoms with E-state index in [1.807, 2.05) is 12.1 Å². The highest BCUT2D eigenvalue weighted by molar-refractivity contribution is 7.99. The van der Waals surface area contributed by atoms with E-state index in [-0.39, 0.29) is 0 Å². The van der Waals surface area contributed by atoms with Crippen LogP contribution >= 0.6 is 11.8 Å². The number of fused-ring (bicyclic) bond motifs is 1. The molecule has 1 amide bonds. The summed E-state index contributed by atoms with van der Waals surface area (Å²) >= 11 is 1.44. The summed E-state index contributed by atoms with van der Waals surface area (Å²) in [5, 5.41) is 25.3. The minimum absolute atomic E-state index is 0.352. The first-order chi connectivity index (χ1) is 15.0. The zero-order valence-electron chi connectivity index (χ0n) is 17.6. The number of nitrogens with one attached hydrogen (secondary N) is 2. The number of piperidine rings is 1. The molecule has 0 aliphatic carbocycles. The van der Waals surface area contributed by atoms with Crippen LogP contribution in [0, 0.1) is 5.92 Å². The van der Waals surface area contributed by atoms with Gasteiger partial charge in [-0.3, -0.25) is 24.6 Å². The molecular weight excluding hydrogens is 418 g/mol. The van der Waals surface area contributed by atoms with E-state index in [0.717, 1.165) is 37.2 Å². The summed E-state index contributed by atoms with van der Waals surface area (Å²) in [6.45, 7) is 1.66. The topological polar surface area (TPSA) is 119 Å². The fourth-order valence-electron chi connectivity index (χ4n) is 4.24. The number of hydrogen-bond donors (Lipinski definition) is 4. The van der Waals surface area contributed by atoms with E-state index in [0.29, 0.717) is 23.8 Å². The van der Waals surface area contributed by atoms with Crippen molar-refractivity contribution in [1.82, 2.24) is 10.6 Å². The molecule has 1 unspecified atom stereocenters. The van der Waals surface area contributed by atoms with Gasteiger partial charge in [-0.05, 0) is 50.4 Å². The van der Waals surface area contributed by atoms with Crippen molar-refractivity contribution in [3.63, 3.8) is 0 Å². The van der Waals surface area contributed by atoms with E-state index in [4.69, 9.17) is 0 Å². The molecule has 9 heteroatoms. The predicted molar refractivity (Wildman–Crippen MR) is 120 cm³/mol. The van der Waals surface area contributed by atoms with Gasteiger partial charge in [-0.15, -0.1) is 11.8 Å². The standard InChI is InChI=1S/C22H31N3O5S/c26-20(27)13-25-18-7-3-4-8-19(18)31-14-17(21(25)28)24-16(22(29)30)6-2-1-5-15-9-11-23-12-10-15/h3-4,7-8,15-17,23-24H,1-2,5-6,9-14H2,(H,26,27)(H,29,30)/t16-,17?/m0/s1. The van der Waals surface area contributed by atoms with E-state index in [9.17, 15) is 24.6 Å². The fraction of sp³-hybridized carbons (Fsp3) is 0.591. The molecule has 0 saturated carbocycles. The van der Waals surface area contributed by atoms with Gasteiger partial charge in [0.1, 0.15) is 12.6 Å². The molecular formula is C22H31N3O5S. The van der Waals surface area contributed by atoms with Crippen molar-refractivity contribution in [1.29, 1.82) is 0 Å². The van der Waals surface area contributed by atoms with Crippen LogP contribution in [-0.4, -0.2) is 65.5 Å². The Hall–Kier alpha value is -2.10. The first kappa shape index (κ1) is 23.6. The molecule has 1 fully saturated rings. The molecule has 3 rings (SSSR count). The van der Waals surface area contributed by atoms with Gasteiger partial charge in [0.05, 0.1) is 11.7 Å². The lowest BCUT2D eigenvalue weighted by molar-refractivity contribution is -0.140. The summed E-state index contributed by atoms with van der Waals surface area (Å²) in [6.07, 6.45) is 5.65. The first-order valence-electron chi connectivity index (χ1n) is 10.9. The van der Waals surface area contributed by atoms with Crippen LogP contribution in [0.5, 0.6) is 0 Å². The second kappa shape index (κ2) is 11.5. The number of anilines is 1. The van der Waals surface area contributed by atoms with Crippen molar-refractivity contribution in [3.8, 4) is 0 Å². The number of hydrogen-bond acceptors (Lipinski definition) is 6. The number of carboxylic acids is 2. The minimum Gasteiger partial charge on any atom is -0.480 e. The number of carbonyl (C=O) groups is 3. The van der Waals surface area contributed by atoms with Crippen LogP contribution in [0.4, 0.5) is 5.69 Å². The van der Waals surface area contributed by atoms with Gasteiger partial charge >= 0.3 is 11.9 Å². The summed E-state index contributed by atoms with van der Waals surface area (Å²) in [5.41, 5.74) is 0.554. The average Bonchev–Trinajstić information content (AvgIpc) is 2.88. The fourth-order valence-corrected chi connectivity index (χ4v) is 5.33. The van der Waals surface area contributed by atoms with Gasteiger partial charge in [0.15, 0.2) is 0 Å². The van der Waals surface area contributed by atoms with Crippen LogP contribution in [0.3, 0.4) is 0 Å². The quantitative estimate of drug-likeness (QED) is 0.402. The van der Waals surface area contributed by atoms with E-state index in [1.165, 1.54) is 29.5 Å². The lowest BCUT2D eigenvalue weighted by Crippen LogP contribution is -2.53. The second-order valence-corrected chi connectivity index (χ2v) is 9.25. The SMILES string of the molecule is O=C(O)CN1C(=O)C(N[C@@H](CCCCC2CCNCC2)C(=O)O)CSc2ccccc21. The zero-order valence-corrected chi connectivity index (χ0v) is 18.4. The number of nitrogens with zero attached hydrogens (tertiary/aromatic N) is 1. The maximum atomic E-state index is 13.1. The summed E-state index contributed by atoms with van der Waals surface area (Å²) in [6, 6.07) is 5.57. The van der Waals surface area contributed by atoms with E-state index >= 15 is 0 Å². The molecule has 2 heterocycles. The Kier molecular flexibility index (Phi) is 8.74. The number of amides is 1. The van der Waals surface area contributed by atoms with Gasteiger partial charge in [-0.2, -0.15) is 0 Å². The summed E-state index contributed by atoms with van der Waals surface area (Å²) < 4.78 is 0. The maximum Gasteiger partial charge on any atom is 0.323 e. The number of carboxylic acid groups (broad SMARTS) is 2. The van der Waals surface area contributed by atoms with Gasteiger partial charge in [-0.25, -0.2) is 0 Å². The van der Waals surface area contributed by atoms with Crippen LogP contribution < -0.4 is 15.5 Å². The Labute approximate surface area is 186 Å². The third-order valence-electron chi connectivity index (χ3n) is 5.93. The minimum atomic E-state index is -1.11. The van der Waals surface area contributed by atoms with Crippen molar-refractivity contribution < 1.29 is 24.6 Å². The largest absolute Gasteiger partial charge is 0.480 e. The highest BCUT2D eigenvalue weighted by atomic mass is 32.2. The van der Waals surface area contributed by atoms with Crippen LogP contribution in [0.2, 0.25) is 0 Å². The molecule has 0 spiro atoms. The molecule has 170 valence electrons. The number of aliphatic carboxylic acids is 2. The number of benzene rings is 1. The number of thioether (sulfide) groups is 1. The van der Waals surface area contributed by atoms with Crippen LogP contribution in [0.15, 0.2) is 29.2 Å². The molecule has 0 aromatic heterocycles. The Bertz CT molecular complexity index is 784. The Morgan fingerprint density at radius 1 is 1.19 bits per heavy atom. The predicted octanol–water partition coefficient (Wildman–Crippen LogP) is 2.18. The number of carbonyl (C=O) groups excluding carboxylic acids is 1. The highest BCUT2D eigenvalue weighted by Gasteiger charge is 2.34. The zero-order chi connectivity index (χ0) is 22.2. The molecule has 2 aliphatic heterocycles. The molecule has 4 N–H and O–H groups in total. The number of unbranched alkanes of at least 4 members (excludes halogenated alkanes) is 1. The van der Waals surface area contributed by atoms with Crippen LogP contribution in [0.25, 0.3) is 0 Å². The van der Waals surface area contributed by atoms with Crippen molar-refractivity contribution in [2.75, 3.05) is 30.3 Å². The van der Waals surface area contributed by atoms with Gasteiger partial charge in [-0.1, -0.05) is 31.4 Å². The normalized spacial score (nSPS) is 20.7.